The number of nitrogens with zero attached hydrogens (tertiary/aromatic N) is 3. The van der Waals surface area contributed by atoms with Crippen LogP contribution in [0.2, 0.25) is 0 Å². The molecule has 6 heteroatoms. The van der Waals surface area contributed by atoms with Gasteiger partial charge < -0.3 is 14.5 Å². The number of hydrogen-bond acceptors (Lipinski definition) is 4. The lowest BCUT2D eigenvalue weighted by Crippen LogP contribution is -2.44. The predicted octanol–water partition coefficient (Wildman–Crippen LogP) is 2.06. The van der Waals surface area contributed by atoms with Crippen LogP contribution in [0.3, 0.4) is 0 Å². The molecule has 3 aliphatic heterocycles. The van der Waals surface area contributed by atoms with Crippen molar-refractivity contribution in [2.75, 3.05) is 20.1 Å². The molecule has 0 saturated carbocycles. The Balaban J connectivity index is 1.31. The number of hydrogen-bond donors (Lipinski definition) is 0. The summed E-state index contributed by atoms with van der Waals surface area (Å²) < 4.78 is 6.24. The quantitative estimate of drug-likeness (QED) is 0.693. The summed E-state index contributed by atoms with van der Waals surface area (Å²) >= 11 is 0. The van der Waals surface area contributed by atoms with Gasteiger partial charge in [-0.05, 0) is 29.7 Å². The molecule has 1 spiro atoms. The number of carbonyl (C=O) groups is 2. The fourth-order valence-corrected chi connectivity index (χ4v) is 5.05. The van der Waals surface area contributed by atoms with Crippen molar-refractivity contribution in [3.8, 4) is 0 Å². The molecular weight excluding hydrogens is 378 g/mol. The fraction of sp³-hybridized carbons (Fsp3) is 0.375. The van der Waals surface area contributed by atoms with Crippen molar-refractivity contribution in [3.05, 3.63) is 78.1 Å². The fourth-order valence-electron chi connectivity index (χ4n) is 5.05. The molecular formula is C24H25N3O3. The summed E-state index contributed by atoms with van der Waals surface area (Å²) in [6, 6.07) is 13.8. The first kappa shape index (κ1) is 19.0. The standard InChI is InChI=1S/C24H25N3O3/c1-26(15-18-5-3-2-4-6-18)22(28)20-19-7-11-24(30-19)16-27(23(29)21(20)24)14-10-17-8-12-25-13-9-17/h2-9,11-13,19-21H,10,14-16H2,1H3/t19-,20+,21+,24-/m0/s1. The summed E-state index contributed by atoms with van der Waals surface area (Å²) in [5.41, 5.74) is 1.55. The molecule has 4 atom stereocenters. The van der Waals surface area contributed by atoms with Gasteiger partial charge in [-0.3, -0.25) is 14.6 Å². The number of carbonyl (C=O) groups excluding carboxylic acids is 2. The van der Waals surface area contributed by atoms with Crippen LogP contribution in [-0.4, -0.2) is 58.4 Å². The van der Waals surface area contributed by atoms with E-state index in [0.29, 0.717) is 19.6 Å². The van der Waals surface area contributed by atoms with E-state index in [-0.39, 0.29) is 17.9 Å². The van der Waals surface area contributed by atoms with Crippen LogP contribution in [0, 0.1) is 11.8 Å². The Hall–Kier alpha value is -2.99. The van der Waals surface area contributed by atoms with Crippen LogP contribution < -0.4 is 0 Å². The van der Waals surface area contributed by atoms with E-state index in [2.05, 4.69) is 4.98 Å². The number of aromatic nitrogens is 1. The molecule has 1 aromatic carbocycles. The van der Waals surface area contributed by atoms with Crippen LogP contribution in [0.4, 0.5) is 0 Å². The molecule has 30 heavy (non-hydrogen) atoms. The van der Waals surface area contributed by atoms with E-state index < -0.39 is 17.4 Å². The Kier molecular flexibility index (Phi) is 4.66. The summed E-state index contributed by atoms with van der Waals surface area (Å²) in [5, 5.41) is 0. The van der Waals surface area contributed by atoms with Crippen molar-refractivity contribution in [3.63, 3.8) is 0 Å². The number of likely N-dealkylation sites (tertiary alicyclic amines) is 1. The van der Waals surface area contributed by atoms with Gasteiger partial charge in [0.15, 0.2) is 0 Å². The average Bonchev–Trinajstić information content (AvgIpc) is 3.41. The molecule has 4 heterocycles. The van der Waals surface area contributed by atoms with Crippen LogP contribution in [0.1, 0.15) is 11.1 Å². The number of ether oxygens (including phenoxy) is 1. The lowest BCUT2D eigenvalue weighted by Gasteiger charge is -2.28. The Morgan fingerprint density at radius 2 is 1.97 bits per heavy atom. The SMILES string of the molecule is CN(Cc1ccccc1)C(=O)[C@@H]1[C@@H]2C=C[C@@]3(CN(CCc4ccncc4)C(=O)[C@@H]13)O2. The van der Waals surface area contributed by atoms with E-state index in [1.165, 1.54) is 0 Å². The highest BCUT2D eigenvalue weighted by atomic mass is 16.5. The number of amides is 2. The molecule has 0 radical (unpaired) electrons. The molecule has 0 N–H and O–H groups in total. The summed E-state index contributed by atoms with van der Waals surface area (Å²) in [6.07, 6.45) is 7.95. The highest BCUT2D eigenvalue weighted by Crippen LogP contribution is 2.52. The summed E-state index contributed by atoms with van der Waals surface area (Å²) in [7, 11) is 1.80. The largest absolute Gasteiger partial charge is 0.360 e. The number of rotatable bonds is 6. The van der Waals surface area contributed by atoms with Gasteiger partial charge in [0.2, 0.25) is 11.8 Å². The van der Waals surface area contributed by atoms with E-state index in [1.807, 2.05) is 59.5 Å². The molecule has 6 nitrogen and oxygen atoms in total. The molecule has 5 rings (SSSR count). The summed E-state index contributed by atoms with van der Waals surface area (Å²) in [6.45, 7) is 1.65. The molecule has 2 bridgehead atoms. The Morgan fingerprint density at radius 1 is 1.20 bits per heavy atom. The average molecular weight is 403 g/mol. The molecule has 0 aliphatic carbocycles. The van der Waals surface area contributed by atoms with Gasteiger partial charge in [0.05, 0.1) is 24.5 Å². The van der Waals surface area contributed by atoms with E-state index in [4.69, 9.17) is 4.74 Å². The molecule has 154 valence electrons. The van der Waals surface area contributed by atoms with Crippen molar-refractivity contribution in [2.24, 2.45) is 11.8 Å². The second-order valence-electron chi connectivity index (χ2n) is 8.45. The zero-order chi connectivity index (χ0) is 20.7. The van der Waals surface area contributed by atoms with Crippen LogP contribution in [0.5, 0.6) is 0 Å². The third kappa shape index (κ3) is 3.12. The van der Waals surface area contributed by atoms with Gasteiger partial charge in [0.25, 0.3) is 0 Å². The summed E-state index contributed by atoms with van der Waals surface area (Å²) in [5.74, 6) is -0.885. The van der Waals surface area contributed by atoms with Gasteiger partial charge in [-0.15, -0.1) is 0 Å². The lowest BCUT2D eigenvalue weighted by atomic mass is 9.76. The predicted molar refractivity (Wildman–Crippen MR) is 111 cm³/mol. The highest BCUT2D eigenvalue weighted by molar-refractivity contribution is 5.93. The third-order valence-corrected chi connectivity index (χ3v) is 6.52. The smallest absolute Gasteiger partial charge is 0.230 e. The number of benzene rings is 1. The maximum atomic E-state index is 13.3. The Morgan fingerprint density at radius 3 is 2.73 bits per heavy atom. The van der Waals surface area contributed by atoms with E-state index >= 15 is 0 Å². The van der Waals surface area contributed by atoms with Crippen LogP contribution in [0.15, 0.2) is 67.0 Å². The van der Waals surface area contributed by atoms with Gasteiger partial charge in [-0.25, -0.2) is 0 Å². The first-order chi connectivity index (χ1) is 14.6. The third-order valence-electron chi connectivity index (χ3n) is 6.52. The van der Waals surface area contributed by atoms with Crippen molar-refractivity contribution in [1.29, 1.82) is 0 Å². The van der Waals surface area contributed by atoms with Gasteiger partial charge in [0, 0.05) is 32.5 Å². The minimum atomic E-state index is -0.659. The Bertz CT molecular complexity index is 978. The summed E-state index contributed by atoms with van der Waals surface area (Å²) in [4.78, 5) is 34.3. The maximum absolute atomic E-state index is 13.3. The molecule has 2 saturated heterocycles. The second-order valence-corrected chi connectivity index (χ2v) is 8.45. The second kappa shape index (κ2) is 7.36. The molecule has 2 amide bonds. The zero-order valence-electron chi connectivity index (χ0n) is 17.0. The number of fused-ring (bicyclic) bond motifs is 1. The van der Waals surface area contributed by atoms with Crippen molar-refractivity contribution in [1.82, 2.24) is 14.8 Å². The molecule has 3 aliphatic rings. The Labute approximate surface area is 176 Å². The van der Waals surface area contributed by atoms with Crippen LogP contribution >= 0.6 is 0 Å². The maximum Gasteiger partial charge on any atom is 0.230 e. The minimum Gasteiger partial charge on any atom is -0.360 e. The molecule has 0 unspecified atom stereocenters. The van der Waals surface area contributed by atoms with Crippen molar-refractivity contribution in [2.45, 2.75) is 24.7 Å². The topological polar surface area (TPSA) is 62.7 Å². The van der Waals surface area contributed by atoms with E-state index in [0.717, 1.165) is 17.5 Å². The molecule has 2 fully saturated rings. The van der Waals surface area contributed by atoms with Gasteiger partial charge in [0.1, 0.15) is 5.60 Å². The van der Waals surface area contributed by atoms with Crippen molar-refractivity contribution >= 4 is 11.8 Å². The van der Waals surface area contributed by atoms with Gasteiger partial charge >= 0.3 is 0 Å². The first-order valence-corrected chi connectivity index (χ1v) is 10.4. The van der Waals surface area contributed by atoms with Crippen LogP contribution in [-0.2, 0) is 27.3 Å². The van der Waals surface area contributed by atoms with Gasteiger partial charge in [-0.1, -0.05) is 42.5 Å². The minimum absolute atomic E-state index is 0.0237. The lowest BCUT2D eigenvalue weighted by molar-refractivity contribution is -0.142. The zero-order valence-corrected chi connectivity index (χ0v) is 17.0. The van der Waals surface area contributed by atoms with Crippen LogP contribution in [0.25, 0.3) is 0 Å². The highest BCUT2D eigenvalue weighted by Gasteiger charge is 2.66. The first-order valence-electron chi connectivity index (χ1n) is 10.4. The van der Waals surface area contributed by atoms with E-state index in [1.54, 1.807) is 24.3 Å². The number of pyridine rings is 1. The normalized spacial score (nSPS) is 28.8. The van der Waals surface area contributed by atoms with E-state index in [9.17, 15) is 9.59 Å². The monoisotopic (exact) mass is 403 g/mol. The molecule has 2 aromatic rings. The molecule has 1 aromatic heterocycles. The van der Waals surface area contributed by atoms with Crippen molar-refractivity contribution < 1.29 is 14.3 Å². The van der Waals surface area contributed by atoms with Gasteiger partial charge in [-0.2, -0.15) is 0 Å².